The Labute approximate surface area is 106 Å². The molecule has 1 rings (SSSR count). The molecule has 1 aromatic heterocycles. The van der Waals surface area contributed by atoms with E-state index in [1.165, 1.54) is 0 Å². The Hall–Kier alpha value is -1.43. The van der Waals surface area contributed by atoms with Crippen LogP contribution >= 0.6 is 0 Å². The zero-order valence-corrected chi connectivity index (χ0v) is 10.9. The van der Waals surface area contributed by atoms with Gasteiger partial charge < -0.3 is 14.3 Å². The number of aryl methyl sites for hydroxylation is 1. The van der Waals surface area contributed by atoms with Crippen molar-refractivity contribution in [2.45, 2.75) is 39.5 Å². The monoisotopic (exact) mass is 256 g/mol. The van der Waals surface area contributed by atoms with Gasteiger partial charge in [-0.2, -0.15) is 0 Å². The first-order chi connectivity index (χ1) is 8.61. The zero-order chi connectivity index (χ0) is 13.4. The number of hydrogen-bond acceptors (Lipinski definition) is 5. The van der Waals surface area contributed by atoms with Crippen LogP contribution in [0.4, 0.5) is 0 Å². The summed E-state index contributed by atoms with van der Waals surface area (Å²) < 4.78 is 10.7. The zero-order valence-electron chi connectivity index (χ0n) is 10.9. The van der Waals surface area contributed by atoms with Crippen LogP contribution in [0.1, 0.15) is 38.5 Å². The van der Waals surface area contributed by atoms with E-state index in [2.05, 4.69) is 10.2 Å². The summed E-state index contributed by atoms with van der Waals surface area (Å²) in [5, 5.41) is 16.5. The SMILES string of the molecule is CCOCCCc1nnc(CC(C)CC(=O)O)o1. The van der Waals surface area contributed by atoms with Crippen molar-refractivity contribution in [3.63, 3.8) is 0 Å². The molecule has 0 aliphatic rings. The summed E-state index contributed by atoms with van der Waals surface area (Å²) >= 11 is 0. The number of aliphatic carboxylic acids is 1. The maximum Gasteiger partial charge on any atom is 0.303 e. The number of rotatable bonds is 9. The average molecular weight is 256 g/mol. The van der Waals surface area contributed by atoms with Crippen LogP contribution in [0.2, 0.25) is 0 Å². The van der Waals surface area contributed by atoms with Gasteiger partial charge in [-0.25, -0.2) is 0 Å². The average Bonchev–Trinajstić information content (AvgIpc) is 2.71. The van der Waals surface area contributed by atoms with Crippen LogP contribution in [0.5, 0.6) is 0 Å². The highest BCUT2D eigenvalue weighted by atomic mass is 16.5. The predicted molar refractivity (Wildman–Crippen MR) is 64.2 cm³/mol. The summed E-state index contributed by atoms with van der Waals surface area (Å²) in [4.78, 5) is 10.5. The first kappa shape index (κ1) is 14.6. The minimum Gasteiger partial charge on any atom is -0.481 e. The molecule has 0 aromatic carbocycles. The third-order valence-corrected chi connectivity index (χ3v) is 2.44. The fraction of sp³-hybridized carbons (Fsp3) is 0.750. The second-order valence-corrected chi connectivity index (χ2v) is 4.30. The molecule has 0 radical (unpaired) electrons. The molecule has 0 spiro atoms. The van der Waals surface area contributed by atoms with Gasteiger partial charge in [0.05, 0.1) is 0 Å². The third-order valence-electron chi connectivity index (χ3n) is 2.44. The van der Waals surface area contributed by atoms with E-state index in [9.17, 15) is 4.79 Å². The van der Waals surface area contributed by atoms with E-state index in [1.54, 1.807) is 0 Å². The molecule has 0 fully saturated rings. The van der Waals surface area contributed by atoms with Gasteiger partial charge >= 0.3 is 5.97 Å². The molecule has 6 nitrogen and oxygen atoms in total. The van der Waals surface area contributed by atoms with E-state index < -0.39 is 5.97 Å². The largest absolute Gasteiger partial charge is 0.481 e. The van der Waals surface area contributed by atoms with Gasteiger partial charge in [-0.1, -0.05) is 6.92 Å². The summed E-state index contributed by atoms with van der Waals surface area (Å²) in [5.74, 6) is 0.292. The minimum atomic E-state index is -0.807. The van der Waals surface area contributed by atoms with Crippen LogP contribution in [0.25, 0.3) is 0 Å². The number of carboxylic acids is 1. The number of carbonyl (C=O) groups is 1. The lowest BCUT2D eigenvalue weighted by Gasteiger charge is -2.03. The van der Waals surface area contributed by atoms with Crippen LogP contribution in [-0.2, 0) is 22.4 Å². The molecular weight excluding hydrogens is 236 g/mol. The summed E-state index contributed by atoms with van der Waals surface area (Å²) in [6, 6.07) is 0. The highest BCUT2D eigenvalue weighted by Gasteiger charge is 2.13. The molecule has 1 heterocycles. The fourth-order valence-corrected chi connectivity index (χ4v) is 1.61. The van der Waals surface area contributed by atoms with Crippen LogP contribution in [0.3, 0.4) is 0 Å². The Morgan fingerprint density at radius 3 is 2.83 bits per heavy atom. The second kappa shape index (κ2) is 7.81. The van der Waals surface area contributed by atoms with Crippen LogP contribution < -0.4 is 0 Å². The quantitative estimate of drug-likeness (QED) is 0.677. The number of carboxylic acid groups (broad SMARTS) is 1. The first-order valence-corrected chi connectivity index (χ1v) is 6.22. The lowest BCUT2D eigenvalue weighted by Crippen LogP contribution is -2.07. The lowest BCUT2D eigenvalue weighted by atomic mass is 10.0. The molecule has 1 atom stereocenters. The van der Waals surface area contributed by atoms with E-state index in [1.807, 2.05) is 13.8 Å². The Morgan fingerprint density at radius 1 is 1.44 bits per heavy atom. The molecule has 0 aliphatic carbocycles. The molecule has 6 heteroatoms. The standard InChI is InChI=1S/C12H20N2O4/c1-3-17-6-4-5-10-13-14-11(18-10)7-9(2)8-12(15)16/h9H,3-8H2,1-2H3,(H,15,16). The van der Waals surface area contributed by atoms with Crippen molar-refractivity contribution < 1.29 is 19.1 Å². The van der Waals surface area contributed by atoms with E-state index in [4.69, 9.17) is 14.3 Å². The third kappa shape index (κ3) is 5.77. The number of aromatic nitrogens is 2. The van der Waals surface area contributed by atoms with Gasteiger partial charge in [-0.05, 0) is 19.3 Å². The molecule has 1 aromatic rings. The molecule has 0 aliphatic heterocycles. The summed E-state index contributed by atoms with van der Waals surface area (Å²) in [6.45, 7) is 5.20. The van der Waals surface area contributed by atoms with Gasteiger partial charge in [0.15, 0.2) is 0 Å². The Balaban J connectivity index is 2.31. The van der Waals surface area contributed by atoms with Gasteiger partial charge in [0.2, 0.25) is 11.8 Å². The molecular formula is C12H20N2O4. The number of ether oxygens (including phenoxy) is 1. The van der Waals surface area contributed by atoms with Gasteiger partial charge in [0.25, 0.3) is 0 Å². The Kier molecular flexibility index (Phi) is 6.35. The van der Waals surface area contributed by atoms with E-state index in [0.29, 0.717) is 37.8 Å². The van der Waals surface area contributed by atoms with Gasteiger partial charge in [0, 0.05) is 32.5 Å². The van der Waals surface area contributed by atoms with Crippen molar-refractivity contribution in [1.82, 2.24) is 10.2 Å². The summed E-state index contributed by atoms with van der Waals surface area (Å²) in [5.41, 5.74) is 0. The van der Waals surface area contributed by atoms with Crippen LogP contribution in [-0.4, -0.2) is 34.5 Å². The van der Waals surface area contributed by atoms with Crippen molar-refractivity contribution in [3.05, 3.63) is 11.8 Å². The Bertz CT molecular complexity index is 365. The minimum absolute atomic E-state index is 0.000718. The van der Waals surface area contributed by atoms with Gasteiger partial charge in [0.1, 0.15) is 0 Å². The molecule has 1 N–H and O–H groups in total. The first-order valence-electron chi connectivity index (χ1n) is 6.22. The van der Waals surface area contributed by atoms with Crippen molar-refractivity contribution in [1.29, 1.82) is 0 Å². The molecule has 1 unspecified atom stereocenters. The second-order valence-electron chi connectivity index (χ2n) is 4.30. The van der Waals surface area contributed by atoms with Crippen LogP contribution in [0, 0.1) is 5.92 Å². The number of hydrogen-bond donors (Lipinski definition) is 1. The van der Waals surface area contributed by atoms with Gasteiger partial charge in [-0.15, -0.1) is 10.2 Å². The fourth-order valence-electron chi connectivity index (χ4n) is 1.61. The summed E-state index contributed by atoms with van der Waals surface area (Å²) in [7, 11) is 0. The maximum atomic E-state index is 10.5. The smallest absolute Gasteiger partial charge is 0.303 e. The maximum absolute atomic E-state index is 10.5. The molecule has 0 saturated heterocycles. The summed E-state index contributed by atoms with van der Waals surface area (Å²) in [6.07, 6.45) is 2.16. The van der Waals surface area contributed by atoms with E-state index in [0.717, 1.165) is 6.42 Å². The highest BCUT2D eigenvalue weighted by Crippen LogP contribution is 2.11. The van der Waals surface area contributed by atoms with E-state index >= 15 is 0 Å². The van der Waals surface area contributed by atoms with Gasteiger partial charge in [-0.3, -0.25) is 4.79 Å². The Morgan fingerprint density at radius 2 is 2.17 bits per heavy atom. The van der Waals surface area contributed by atoms with Crippen molar-refractivity contribution in [3.8, 4) is 0 Å². The molecule has 0 saturated carbocycles. The van der Waals surface area contributed by atoms with Crippen LogP contribution in [0.15, 0.2) is 4.42 Å². The number of nitrogens with zero attached hydrogens (tertiary/aromatic N) is 2. The molecule has 18 heavy (non-hydrogen) atoms. The topological polar surface area (TPSA) is 85.5 Å². The van der Waals surface area contributed by atoms with E-state index in [-0.39, 0.29) is 12.3 Å². The predicted octanol–water partition coefficient (Wildman–Crippen LogP) is 1.69. The van der Waals surface area contributed by atoms with Crippen molar-refractivity contribution in [2.75, 3.05) is 13.2 Å². The molecule has 0 bridgehead atoms. The lowest BCUT2D eigenvalue weighted by molar-refractivity contribution is -0.137. The normalized spacial score (nSPS) is 12.6. The highest BCUT2D eigenvalue weighted by molar-refractivity contribution is 5.66. The molecule has 102 valence electrons. The van der Waals surface area contributed by atoms with Crippen molar-refractivity contribution >= 4 is 5.97 Å². The molecule has 0 amide bonds. The van der Waals surface area contributed by atoms with Crippen molar-refractivity contribution in [2.24, 2.45) is 5.92 Å².